The van der Waals surface area contributed by atoms with Crippen molar-refractivity contribution in [1.29, 1.82) is 0 Å². The summed E-state index contributed by atoms with van der Waals surface area (Å²) in [5.41, 5.74) is 2.52. The molecule has 0 aliphatic rings. The lowest BCUT2D eigenvalue weighted by Crippen LogP contribution is -2.27. The molecule has 0 aliphatic carbocycles. The average Bonchev–Trinajstić information content (AvgIpc) is 2.33. The van der Waals surface area contributed by atoms with Crippen LogP contribution >= 0.6 is 11.6 Å². The number of hydrogen-bond donors (Lipinski definition) is 1. The molecule has 1 nitrogen and oxygen atoms in total. The molecule has 17 heavy (non-hydrogen) atoms. The standard InChI is InChI=1S/C15H24ClN/c1-5-9-17-15(11(3)6-2)13-7-8-14(16)12(4)10-13/h7-8,10-11,15,17H,5-6,9H2,1-4H3. The second-order valence-corrected chi connectivity index (χ2v) is 5.23. The molecular weight excluding hydrogens is 230 g/mol. The molecule has 0 spiro atoms. The summed E-state index contributed by atoms with van der Waals surface area (Å²) >= 11 is 6.08. The monoisotopic (exact) mass is 253 g/mol. The minimum atomic E-state index is 0.441. The largest absolute Gasteiger partial charge is 0.310 e. The molecule has 1 N–H and O–H groups in total. The Hall–Kier alpha value is -0.530. The molecule has 0 saturated heterocycles. The second-order valence-electron chi connectivity index (χ2n) is 4.83. The van der Waals surface area contributed by atoms with Gasteiger partial charge in [0.05, 0.1) is 0 Å². The Balaban J connectivity index is 2.91. The van der Waals surface area contributed by atoms with Gasteiger partial charge in [0.15, 0.2) is 0 Å². The van der Waals surface area contributed by atoms with E-state index in [0.29, 0.717) is 12.0 Å². The first-order valence-electron chi connectivity index (χ1n) is 6.59. The fraction of sp³-hybridized carbons (Fsp3) is 0.600. The van der Waals surface area contributed by atoms with Crippen LogP contribution in [0.2, 0.25) is 5.02 Å². The lowest BCUT2D eigenvalue weighted by atomic mass is 9.91. The van der Waals surface area contributed by atoms with Crippen LogP contribution in [0.25, 0.3) is 0 Å². The highest BCUT2D eigenvalue weighted by Gasteiger charge is 2.17. The van der Waals surface area contributed by atoms with Crippen LogP contribution in [0.1, 0.15) is 50.8 Å². The highest BCUT2D eigenvalue weighted by atomic mass is 35.5. The van der Waals surface area contributed by atoms with E-state index in [1.54, 1.807) is 0 Å². The zero-order valence-electron chi connectivity index (χ0n) is 11.4. The molecule has 0 saturated carbocycles. The summed E-state index contributed by atoms with van der Waals surface area (Å²) < 4.78 is 0. The second kappa shape index (κ2) is 7.03. The van der Waals surface area contributed by atoms with E-state index in [-0.39, 0.29) is 0 Å². The molecule has 0 aliphatic heterocycles. The topological polar surface area (TPSA) is 12.0 Å². The molecule has 0 fully saturated rings. The van der Waals surface area contributed by atoms with Gasteiger partial charge in [-0.25, -0.2) is 0 Å². The highest BCUT2D eigenvalue weighted by molar-refractivity contribution is 6.31. The predicted molar refractivity (Wildman–Crippen MR) is 76.7 cm³/mol. The highest BCUT2D eigenvalue weighted by Crippen LogP contribution is 2.27. The van der Waals surface area contributed by atoms with Crippen molar-refractivity contribution in [1.82, 2.24) is 5.32 Å². The maximum absolute atomic E-state index is 6.08. The van der Waals surface area contributed by atoms with Crippen molar-refractivity contribution in [2.45, 2.75) is 46.6 Å². The van der Waals surface area contributed by atoms with Crippen LogP contribution in [0.5, 0.6) is 0 Å². The van der Waals surface area contributed by atoms with Crippen molar-refractivity contribution in [3.63, 3.8) is 0 Å². The van der Waals surface area contributed by atoms with E-state index in [1.165, 1.54) is 18.4 Å². The number of halogens is 1. The average molecular weight is 254 g/mol. The van der Waals surface area contributed by atoms with Crippen LogP contribution in [0.4, 0.5) is 0 Å². The summed E-state index contributed by atoms with van der Waals surface area (Å²) in [6.45, 7) is 9.88. The molecule has 0 aromatic heterocycles. The molecule has 1 aromatic carbocycles. The summed E-state index contributed by atoms with van der Waals surface area (Å²) in [6.07, 6.45) is 2.35. The summed E-state index contributed by atoms with van der Waals surface area (Å²) in [5, 5.41) is 4.49. The summed E-state index contributed by atoms with van der Waals surface area (Å²) in [6, 6.07) is 6.81. The van der Waals surface area contributed by atoms with Crippen molar-refractivity contribution in [3.8, 4) is 0 Å². The number of nitrogens with one attached hydrogen (secondary N) is 1. The third-order valence-corrected chi connectivity index (χ3v) is 3.79. The molecule has 1 aromatic rings. The van der Waals surface area contributed by atoms with E-state index in [4.69, 9.17) is 11.6 Å². The Kier molecular flexibility index (Phi) is 6.01. The number of benzene rings is 1. The van der Waals surface area contributed by atoms with Gasteiger partial charge in [-0.2, -0.15) is 0 Å². The van der Waals surface area contributed by atoms with E-state index in [2.05, 4.69) is 45.1 Å². The van der Waals surface area contributed by atoms with Crippen molar-refractivity contribution in [2.75, 3.05) is 6.54 Å². The van der Waals surface area contributed by atoms with E-state index in [0.717, 1.165) is 17.1 Å². The van der Waals surface area contributed by atoms with Gasteiger partial charge in [0.25, 0.3) is 0 Å². The SMILES string of the molecule is CCCNC(c1ccc(Cl)c(C)c1)C(C)CC. The molecule has 1 rings (SSSR count). The number of aryl methyl sites for hydroxylation is 1. The van der Waals surface area contributed by atoms with Gasteiger partial charge in [0, 0.05) is 11.1 Å². The van der Waals surface area contributed by atoms with Gasteiger partial charge in [0.2, 0.25) is 0 Å². The maximum atomic E-state index is 6.08. The van der Waals surface area contributed by atoms with E-state index in [9.17, 15) is 0 Å². The minimum absolute atomic E-state index is 0.441. The van der Waals surface area contributed by atoms with Crippen LogP contribution in [-0.4, -0.2) is 6.54 Å². The zero-order chi connectivity index (χ0) is 12.8. The molecule has 2 atom stereocenters. The quantitative estimate of drug-likeness (QED) is 0.773. The predicted octanol–water partition coefficient (Wildman–Crippen LogP) is 4.74. The number of hydrogen-bond acceptors (Lipinski definition) is 1. The lowest BCUT2D eigenvalue weighted by Gasteiger charge is -2.25. The molecule has 0 heterocycles. The van der Waals surface area contributed by atoms with Gasteiger partial charge in [0.1, 0.15) is 0 Å². The first-order valence-corrected chi connectivity index (χ1v) is 6.97. The first-order chi connectivity index (χ1) is 8.10. The van der Waals surface area contributed by atoms with Crippen molar-refractivity contribution in [2.24, 2.45) is 5.92 Å². The Labute approximate surface area is 111 Å². The molecular formula is C15H24ClN. The molecule has 96 valence electrons. The third kappa shape index (κ3) is 4.01. The Morgan fingerprint density at radius 1 is 1.29 bits per heavy atom. The van der Waals surface area contributed by atoms with Gasteiger partial charge in [-0.15, -0.1) is 0 Å². The fourth-order valence-corrected chi connectivity index (χ4v) is 2.16. The molecule has 0 bridgehead atoms. The first kappa shape index (κ1) is 14.5. The van der Waals surface area contributed by atoms with E-state index < -0.39 is 0 Å². The number of rotatable bonds is 6. The van der Waals surface area contributed by atoms with Gasteiger partial charge < -0.3 is 5.32 Å². The van der Waals surface area contributed by atoms with Gasteiger partial charge in [-0.3, -0.25) is 0 Å². The van der Waals surface area contributed by atoms with Crippen LogP contribution < -0.4 is 5.32 Å². The fourth-order valence-electron chi connectivity index (χ4n) is 2.04. The molecule has 2 heteroatoms. The van der Waals surface area contributed by atoms with Crippen molar-refractivity contribution in [3.05, 3.63) is 34.3 Å². The van der Waals surface area contributed by atoms with Crippen LogP contribution in [-0.2, 0) is 0 Å². The van der Waals surface area contributed by atoms with E-state index >= 15 is 0 Å². The van der Waals surface area contributed by atoms with Gasteiger partial charge in [-0.1, -0.05) is 50.9 Å². The maximum Gasteiger partial charge on any atom is 0.0435 e. The smallest absolute Gasteiger partial charge is 0.0435 e. The molecule has 0 radical (unpaired) electrons. The Bertz CT molecular complexity index is 349. The Morgan fingerprint density at radius 2 is 2.00 bits per heavy atom. The van der Waals surface area contributed by atoms with Crippen LogP contribution in [0.15, 0.2) is 18.2 Å². The van der Waals surface area contributed by atoms with Crippen molar-refractivity contribution < 1.29 is 0 Å². The minimum Gasteiger partial charge on any atom is -0.310 e. The van der Waals surface area contributed by atoms with Crippen LogP contribution in [0.3, 0.4) is 0 Å². The van der Waals surface area contributed by atoms with E-state index in [1.807, 2.05) is 6.07 Å². The summed E-state index contributed by atoms with van der Waals surface area (Å²) in [5.74, 6) is 0.641. The van der Waals surface area contributed by atoms with Gasteiger partial charge in [-0.05, 0) is 43.0 Å². The van der Waals surface area contributed by atoms with Crippen molar-refractivity contribution >= 4 is 11.6 Å². The third-order valence-electron chi connectivity index (χ3n) is 3.37. The summed E-state index contributed by atoms with van der Waals surface area (Å²) in [7, 11) is 0. The lowest BCUT2D eigenvalue weighted by molar-refractivity contribution is 0.377. The van der Waals surface area contributed by atoms with Crippen LogP contribution in [0, 0.1) is 12.8 Å². The normalized spacial score (nSPS) is 14.6. The zero-order valence-corrected chi connectivity index (χ0v) is 12.1. The summed E-state index contributed by atoms with van der Waals surface area (Å²) in [4.78, 5) is 0. The molecule has 0 amide bonds. The molecule has 2 unspecified atom stereocenters. The van der Waals surface area contributed by atoms with Gasteiger partial charge >= 0.3 is 0 Å². The Morgan fingerprint density at radius 3 is 2.53 bits per heavy atom.